The highest BCUT2D eigenvalue weighted by Gasteiger charge is 2.51. The molecule has 4 aromatic carbocycles. The van der Waals surface area contributed by atoms with E-state index in [2.05, 4.69) is 19.2 Å². The summed E-state index contributed by atoms with van der Waals surface area (Å²) in [7, 11) is 0. The Morgan fingerprint density at radius 3 is 1.57 bits per heavy atom. The third-order valence-corrected chi connectivity index (χ3v) is 11.6. The van der Waals surface area contributed by atoms with Crippen molar-refractivity contribution in [3.05, 3.63) is 167 Å². The lowest BCUT2D eigenvalue weighted by atomic mass is 9.78. The van der Waals surface area contributed by atoms with Gasteiger partial charge in [0.1, 0.15) is 28.7 Å². The molecule has 1 fully saturated rings. The summed E-state index contributed by atoms with van der Waals surface area (Å²) < 4.78 is 48.8. The quantitative estimate of drug-likeness (QED) is 0.131. The fourth-order valence-corrected chi connectivity index (χ4v) is 8.78. The van der Waals surface area contributed by atoms with Gasteiger partial charge in [-0.25, -0.2) is 8.78 Å². The Balaban J connectivity index is 0.00000514. The van der Waals surface area contributed by atoms with Gasteiger partial charge in [0.25, 0.3) is 0 Å². The van der Waals surface area contributed by atoms with E-state index in [0.717, 1.165) is 51.0 Å². The number of hydrogen-bond acceptors (Lipinski definition) is 6. The number of carbonyl (C=O) groups excluding carboxylic acids is 1. The Bertz CT molecular complexity index is 2720. The summed E-state index contributed by atoms with van der Waals surface area (Å²) in [5.74, 6) is 0.476. The van der Waals surface area contributed by atoms with E-state index in [-0.39, 0.29) is 19.0 Å². The lowest BCUT2D eigenvalue weighted by molar-refractivity contribution is -0.124. The van der Waals surface area contributed by atoms with Crippen molar-refractivity contribution in [2.45, 2.75) is 46.1 Å². The van der Waals surface area contributed by atoms with E-state index in [1.165, 1.54) is 24.3 Å². The van der Waals surface area contributed by atoms with Gasteiger partial charge in [0.2, 0.25) is 18.2 Å². The van der Waals surface area contributed by atoms with Crippen molar-refractivity contribution in [3.8, 4) is 34.6 Å². The number of para-hydroxylation sites is 2. The van der Waals surface area contributed by atoms with Crippen LogP contribution in [0.15, 0.2) is 122 Å². The number of ether oxygens (including phenoxy) is 2. The van der Waals surface area contributed by atoms with Crippen LogP contribution in [0.25, 0.3) is 33.2 Å². The fourth-order valence-electron chi connectivity index (χ4n) is 8.78. The molecule has 1 aliphatic heterocycles. The van der Waals surface area contributed by atoms with Crippen molar-refractivity contribution in [1.82, 2.24) is 29.3 Å². The minimum atomic E-state index is -1.39. The van der Waals surface area contributed by atoms with Gasteiger partial charge in [-0.05, 0) is 86.3 Å². The second kappa shape index (κ2) is 16.8. The van der Waals surface area contributed by atoms with Gasteiger partial charge in [-0.3, -0.25) is 23.9 Å². The number of hydrogen-bond donors (Lipinski definition) is 1. The first-order valence-electron chi connectivity index (χ1n) is 20.3. The third-order valence-electron chi connectivity index (χ3n) is 11.6. The van der Waals surface area contributed by atoms with Gasteiger partial charge in [0, 0.05) is 66.3 Å². The molecule has 9 nitrogen and oxygen atoms in total. The molecule has 0 spiro atoms. The Labute approximate surface area is 359 Å². The highest BCUT2D eigenvalue weighted by Crippen LogP contribution is 2.55. The molecule has 0 saturated carbocycles. The molecule has 0 atom stereocenters. The Hall–Kier alpha value is -6.56. The molecule has 9 rings (SSSR count). The average Bonchev–Trinajstić information content (AvgIpc) is 3.79. The van der Waals surface area contributed by atoms with Crippen LogP contribution in [-0.4, -0.2) is 50.0 Å². The topological polar surface area (TPSA) is 86.4 Å². The number of nitrogens with zero attached hydrogens (tertiary/aromatic N) is 5. The second-order valence-electron chi connectivity index (χ2n) is 15.1. The maximum absolute atomic E-state index is 15.2. The Morgan fingerprint density at radius 1 is 0.689 bits per heavy atom. The molecule has 0 radical (unpaired) electrons. The van der Waals surface area contributed by atoms with Gasteiger partial charge in [-0.15, -0.1) is 12.4 Å². The van der Waals surface area contributed by atoms with Crippen LogP contribution in [0.2, 0.25) is 0 Å². The summed E-state index contributed by atoms with van der Waals surface area (Å²) in [6.07, 6.45) is 5.62. The van der Waals surface area contributed by atoms with Crippen molar-refractivity contribution < 1.29 is 23.0 Å². The van der Waals surface area contributed by atoms with E-state index in [1.807, 2.05) is 101 Å². The summed E-state index contributed by atoms with van der Waals surface area (Å²) in [6, 6.07) is 32.6. The monoisotopic (exact) mass is 838 g/mol. The molecular weight excluding hydrogens is 794 g/mol. The first kappa shape index (κ1) is 41.2. The molecule has 310 valence electrons. The zero-order valence-electron chi connectivity index (χ0n) is 34.3. The van der Waals surface area contributed by atoms with Crippen LogP contribution in [0.3, 0.4) is 0 Å². The average molecular weight is 839 g/mol. The maximum atomic E-state index is 15.2. The van der Waals surface area contributed by atoms with Crippen LogP contribution in [0, 0.1) is 25.5 Å². The number of piperazine rings is 1. The molecule has 0 unspecified atom stereocenters. The zero-order chi connectivity index (χ0) is 41.5. The lowest BCUT2D eigenvalue weighted by Crippen LogP contribution is -2.59. The fraction of sp³-hybridized carbons (Fsp3) is 0.204. The number of benzene rings is 4. The van der Waals surface area contributed by atoms with Crippen molar-refractivity contribution in [1.29, 1.82) is 0 Å². The number of pyridine rings is 2. The SMILES string of the molecule is CCc1nccc2c(C3(c4c(Oc5cc(F)ccc5C)n(-c5ccccc5)c5c(CC)nccc45)CNCCN3C=O)c(Oc3cc(F)ccc3C)n(-c3ccccc3)c12.Cl. The standard InChI is InChI=1S/C49H44F2N6O3.ClH/c1-5-39-45-37(21-23-53-39)43(47(56(45)35-13-9-7-10-14-35)59-41-27-33(50)19-17-31(41)3)49(29-52-25-26-55(49)30-58)44-38-22-24-54-40(6-2)46(38)57(36-15-11-8-12-16-36)48(44)60-42-28-34(51)20-18-32(42)4;/h7-24,27-28,30,52H,5-6,25-26,29H2,1-4H3;1H. The predicted molar refractivity (Wildman–Crippen MR) is 237 cm³/mol. The maximum Gasteiger partial charge on any atom is 0.211 e. The number of nitrogens with one attached hydrogen (secondary N) is 1. The molecule has 4 aromatic heterocycles. The van der Waals surface area contributed by atoms with Crippen LogP contribution >= 0.6 is 12.4 Å². The molecule has 0 aliphatic carbocycles. The second-order valence-corrected chi connectivity index (χ2v) is 15.1. The summed E-state index contributed by atoms with van der Waals surface area (Å²) in [6.45, 7) is 8.90. The third kappa shape index (κ3) is 6.87. The first-order valence-corrected chi connectivity index (χ1v) is 20.3. The number of halogens is 3. The first-order chi connectivity index (χ1) is 29.3. The number of amides is 1. The number of aromatic nitrogens is 4. The minimum Gasteiger partial charge on any atom is -0.440 e. The van der Waals surface area contributed by atoms with Crippen molar-refractivity contribution in [2.75, 3.05) is 19.6 Å². The number of aryl methyl sites for hydroxylation is 4. The molecule has 1 amide bonds. The predicted octanol–water partition coefficient (Wildman–Crippen LogP) is 10.7. The Morgan fingerprint density at radius 2 is 1.15 bits per heavy atom. The van der Waals surface area contributed by atoms with Gasteiger partial charge in [0.05, 0.1) is 33.5 Å². The number of fused-ring (bicyclic) bond motifs is 2. The van der Waals surface area contributed by atoms with Crippen LogP contribution in [-0.2, 0) is 23.2 Å². The molecule has 12 heteroatoms. The number of rotatable bonds is 11. The van der Waals surface area contributed by atoms with E-state index in [4.69, 9.17) is 19.4 Å². The highest BCUT2D eigenvalue weighted by atomic mass is 35.5. The molecule has 8 aromatic rings. The van der Waals surface area contributed by atoms with E-state index in [1.54, 1.807) is 24.5 Å². The molecule has 0 bridgehead atoms. The largest absolute Gasteiger partial charge is 0.440 e. The van der Waals surface area contributed by atoms with Gasteiger partial charge in [-0.1, -0.05) is 62.4 Å². The molecule has 1 saturated heterocycles. The molecular formula is C49H45ClF2N6O3. The lowest BCUT2D eigenvalue weighted by Gasteiger charge is -2.46. The summed E-state index contributed by atoms with van der Waals surface area (Å²) in [5.41, 5.74) is 6.08. The van der Waals surface area contributed by atoms with Crippen LogP contribution in [0.4, 0.5) is 8.78 Å². The zero-order valence-corrected chi connectivity index (χ0v) is 35.1. The molecule has 5 heterocycles. The van der Waals surface area contributed by atoms with E-state index >= 15 is 8.78 Å². The molecule has 61 heavy (non-hydrogen) atoms. The van der Waals surface area contributed by atoms with E-state index in [9.17, 15) is 4.79 Å². The molecule has 1 N–H and O–H groups in total. The minimum absolute atomic E-state index is 0. The normalized spacial score (nSPS) is 13.6. The molecule has 1 aliphatic rings. The van der Waals surface area contributed by atoms with Gasteiger partial charge >= 0.3 is 0 Å². The van der Waals surface area contributed by atoms with Gasteiger partial charge < -0.3 is 19.7 Å². The van der Waals surface area contributed by atoms with Crippen molar-refractivity contribution in [2.24, 2.45) is 0 Å². The van der Waals surface area contributed by atoms with Gasteiger partial charge in [0.15, 0.2) is 0 Å². The van der Waals surface area contributed by atoms with Crippen LogP contribution in [0.1, 0.15) is 47.5 Å². The van der Waals surface area contributed by atoms with E-state index < -0.39 is 17.2 Å². The highest BCUT2D eigenvalue weighted by molar-refractivity contribution is 5.97. The summed E-state index contributed by atoms with van der Waals surface area (Å²) in [5, 5.41) is 5.23. The van der Waals surface area contributed by atoms with Crippen LogP contribution in [0.5, 0.6) is 23.3 Å². The Kier molecular flexibility index (Phi) is 11.4. The summed E-state index contributed by atoms with van der Waals surface area (Å²) in [4.78, 5) is 25.6. The van der Waals surface area contributed by atoms with Crippen molar-refractivity contribution >= 4 is 40.6 Å². The van der Waals surface area contributed by atoms with Gasteiger partial charge in [-0.2, -0.15) is 0 Å². The smallest absolute Gasteiger partial charge is 0.211 e. The van der Waals surface area contributed by atoms with Crippen LogP contribution < -0.4 is 14.8 Å². The van der Waals surface area contributed by atoms with Crippen molar-refractivity contribution in [3.63, 3.8) is 0 Å². The summed E-state index contributed by atoms with van der Waals surface area (Å²) >= 11 is 0. The number of carbonyl (C=O) groups is 1. The van der Waals surface area contributed by atoms with E-state index in [0.29, 0.717) is 71.4 Å².